The van der Waals surface area contributed by atoms with E-state index in [0.717, 1.165) is 17.5 Å². The molecule has 0 saturated heterocycles. The smallest absolute Gasteiger partial charge is 0.224 e. The van der Waals surface area contributed by atoms with Crippen molar-refractivity contribution in [2.75, 3.05) is 5.73 Å². The number of amides is 1. The van der Waals surface area contributed by atoms with E-state index in [2.05, 4.69) is 36.5 Å². The number of carbonyl (C=O) groups is 1. The molecule has 21 heavy (non-hydrogen) atoms. The first kappa shape index (κ1) is 15.1. The molecule has 0 aromatic heterocycles. The third-order valence-corrected chi connectivity index (χ3v) is 3.61. The Morgan fingerprint density at radius 2 is 1.62 bits per heavy atom. The van der Waals surface area contributed by atoms with E-state index >= 15 is 0 Å². The fourth-order valence-electron chi connectivity index (χ4n) is 2.24. The molecule has 2 aromatic rings. The van der Waals surface area contributed by atoms with Gasteiger partial charge < -0.3 is 11.1 Å². The molecule has 110 valence electrons. The number of aryl methyl sites for hydroxylation is 1. The molecule has 0 aliphatic carbocycles. The summed E-state index contributed by atoms with van der Waals surface area (Å²) in [5.74, 6) is 0.0202. The number of nitrogens with two attached hydrogens (primary N) is 1. The molecule has 0 heterocycles. The maximum Gasteiger partial charge on any atom is 0.224 e. The van der Waals surface area contributed by atoms with Crippen molar-refractivity contribution in [1.82, 2.24) is 5.32 Å². The fraction of sp³-hybridized carbons (Fsp3) is 0.278. The highest BCUT2D eigenvalue weighted by Crippen LogP contribution is 2.14. The monoisotopic (exact) mass is 282 g/mol. The lowest BCUT2D eigenvalue weighted by molar-refractivity contribution is -0.121. The van der Waals surface area contributed by atoms with Gasteiger partial charge in [-0.05, 0) is 42.2 Å². The van der Waals surface area contributed by atoms with E-state index in [9.17, 15) is 4.79 Å². The Labute approximate surface area is 126 Å². The van der Waals surface area contributed by atoms with Crippen molar-refractivity contribution < 1.29 is 4.79 Å². The van der Waals surface area contributed by atoms with E-state index in [1.54, 1.807) is 0 Å². The minimum absolute atomic E-state index is 0.0113. The Bertz CT molecular complexity index is 588. The highest BCUT2D eigenvalue weighted by molar-refractivity contribution is 5.79. The standard InChI is InChI=1S/C18H22N2O/c1-3-14-4-8-16(9-5-14)13(2)20-18(21)12-15-6-10-17(19)11-7-15/h4-11,13H,3,12,19H2,1-2H3,(H,20,21). The zero-order chi connectivity index (χ0) is 15.2. The zero-order valence-corrected chi connectivity index (χ0v) is 12.6. The van der Waals surface area contributed by atoms with E-state index in [4.69, 9.17) is 5.73 Å². The molecular weight excluding hydrogens is 260 g/mol. The Morgan fingerprint density at radius 3 is 2.19 bits per heavy atom. The summed E-state index contributed by atoms with van der Waals surface area (Å²) in [6.07, 6.45) is 1.40. The number of benzene rings is 2. The Hall–Kier alpha value is -2.29. The number of rotatable bonds is 5. The second-order valence-corrected chi connectivity index (χ2v) is 5.30. The van der Waals surface area contributed by atoms with Gasteiger partial charge in [0.1, 0.15) is 0 Å². The predicted octanol–water partition coefficient (Wildman–Crippen LogP) is 3.25. The van der Waals surface area contributed by atoms with Crippen LogP contribution in [0.2, 0.25) is 0 Å². The summed E-state index contributed by atoms with van der Waals surface area (Å²) in [6.45, 7) is 4.13. The molecule has 0 aliphatic rings. The first-order valence-corrected chi connectivity index (χ1v) is 7.31. The summed E-state index contributed by atoms with van der Waals surface area (Å²) in [5.41, 5.74) is 9.74. The molecule has 2 rings (SSSR count). The van der Waals surface area contributed by atoms with E-state index in [1.807, 2.05) is 31.2 Å². The summed E-state index contributed by atoms with van der Waals surface area (Å²) < 4.78 is 0. The number of hydrogen-bond donors (Lipinski definition) is 2. The van der Waals surface area contributed by atoms with Gasteiger partial charge in [0.25, 0.3) is 0 Å². The minimum Gasteiger partial charge on any atom is -0.399 e. The molecule has 1 unspecified atom stereocenters. The number of anilines is 1. The van der Waals surface area contributed by atoms with E-state index < -0.39 is 0 Å². The van der Waals surface area contributed by atoms with Crippen molar-refractivity contribution in [2.45, 2.75) is 32.7 Å². The maximum absolute atomic E-state index is 12.1. The van der Waals surface area contributed by atoms with Gasteiger partial charge in [-0.2, -0.15) is 0 Å². The van der Waals surface area contributed by atoms with Crippen LogP contribution in [0.5, 0.6) is 0 Å². The van der Waals surface area contributed by atoms with Crippen molar-refractivity contribution in [3.63, 3.8) is 0 Å². The van der Waals surface area contributed by atoms with Crippen LogP contribution in [0.1, 0.15) is 36.6 Å². The molecule has 0 saturated carbocycles. The van der Waals surface area contributed by atoms with Gasteiger partial charge in [0.2, 0.25) is 5.91 Å². The first-order valence-electron chi connectivity index (χ1n) is 7.31. The topological polar surface area (TPSA) is 55.1 Å². The van der Waals surface area contributed by atoms with Crippen molar-refractivity contribution in [2.24, 2.45) is 0 Å². The molecule has 0 bridgehead atoms. The third kappa shape index (κ3) is 4.35. The Kier molecular flexibility index (Phi) is 4.99. The Balaban J connectivity index is 1.93. The molecule has 1 amide bonds. The summed E-state index contributed by atoms with van der Waals surface area (Å²) in [7, 11) is 0. The lowest BCUT2D eigenvalue weighted by Gasteiger charge is -2.15. The summed E-state index contributed by atoms with van der Waals surface area (Å²) >= 11 is 0. The molecule has 3 nitrogen and oxygen atoms in total. The van der Waals surface area contributed by atoms with Crippen LogP contribution in [0.15, 0.2) is 48.5 Å². The van der Waals surface area contributed by atoms with Gasteiger partial charge in [-0.1, -0.05) is 43.3 Å². The van der Waals surface area contributed by atoms with E-state index in [1.165, 1.54) is 5.56 Å². The summed E-state index contributed by atoms with van der Waals surface area (Å²) in [6, 6.07) is 15.8. The highest BCUT2D eigenvalue weighted by atomic mass is 16.1. The van der Waals surface area contributed by atoms with Crippen molar-refractivity contribution in [3.8, 4) is 0 Å². The van der Waals surface area contributed by atoms with E-state index in [-0.39, 0.29) is 11.9 Å². The molecule has 0 fully saturated rings. The predicted molar refractivity (Wildman–Crippen MR) is 86.9 cm³/mol. The van der Waals surface area contributed by atoms with Gasteiger partial charge in [-0.3, -0.25) is 4.79 Å². The van der Waals surface area contributed by atoms with Gasteiger partial charge in [0.15, 0.2) is 0 Å². The SMILES string of the molecule is CCc1ccc(C(C)NC(=O)Cc2ccc(N)cc2)cc1. The minimum atomic E-state index is 0.0113. The average molecular weight is 282 g/mol. The first-order chi connectivity index (χ1) is 10.1. The average Bonchev–Trinajstić information content (AvgIpc) is 2.49. The van der Waals surface area contributed by atoms with Crippen molar-refractivity contribution in [1.29, 1.82) is 0 Å². The molecule has 0 radical (unpaired) electrons. The maximum atomic E-state index is 12.1. The normalized spacial score (nSPS) is 11.9. The molecule has 3 heteroatoms. The molecule has 0 spiro atoms. The van der Waals surface area contributed by atoms with Crippen LogP contribution in [-0.4, -0.2) is 5.91 Å². The van der Waals surface area contributed by atoms with Gasteiger partial charge in [0.05, 0.1) is 12.5 Å². The van der Waals surface area contributed by atoms with Crippen LogP contribution >= 0.6 is 0 Å². The molecule has 3 N–H and O–H groups in total. The van der Waals surface area contributed by atoms with Crippen LogP contribution in [-0.2, 0) is 17.6 Å². The molecular formula is C18H22N2O. The van der Waals surface area contributed by atoms with Crippen LogP contribution in [0, 0.1) is 0 Å². The van der Waals surface area contributed by atoms with Crippen molar-refractivity contribution >= 4 is 11.6 Å². The second-order valence-electron chi connectivity index (χ2n) is 5.30. The lowest BCUT2D eigenvalue weighted by atomic mass is 10.0. The molecule has 0 aliphatic heterocycles. The number of nitrogens with one attached hydrogen (secondary N) is 1. The second kappa shape index (κ2) is 6.93. The number of nitrogen functional groups attached to an aromatic ring is 1. The van der Waals surface area contributed by atoms with Crippen LogP contribution < -0.4 is 11.1 Å². The highest BCUT2D eigenvalue weighted by Gasteiger charge is 2.10. The quantitative estimate of drug-likeness (QED) is 0.827. The number of carbonyl (C=O) groups excluding carboxylic acids is 1. The van der Waals surface area contributed by atoms with Crippen LogP contribution in [0.4, 0.5) is 5.69 Å². The van der Waals surface area contributed by atoms with Crippen LogP contribution in [0.25, 0.3) is 0 Å². The van der Waals surface area contributed by atoms with E-state index in [0.29, 0.717) is 12.1 Å². The molecule has 2 aromatic carbocycles. The fourth-order valence-corrected chi connectivity index (χ4v) is 2.24. The van der Waals surface area contributed by atoms with Gasteiger partial charge in [-0.15, -0.1) is 0 Å². The van der Waals surface area contributed by atoms with Crippen LogP contribution in [0.3, 0.4) is 0 Å². The summed E-state index contributed by atoms with van der Waals surface area (Å²) in [5, 5.41) is 3.03. The zero-order valence-electron chi connectivity index (χ0n) is 12.6. The van der Waals surface area contributed by atoms with Gasteiger partial charge in [0, 0.05) is 5.69 Å². The summed E-state index contributed by atoms with van der Waals surface area (Å²) in [4.78, 5) is 12.1. The Morgan fingerprint density at radius 1 is 1.05 bits per heavy atom. The molecule has 1 atom stereocenters. The number of hydrogen-bond acceptors (Lipinski definition) is 2. The lowest BCUT2D eigenvalue weighted by Crippen LogP contribution is -2.28. The van der Waals surface area contributed by atoms with Gasteiger partial charge >= 0.3 is 0 Å². The van der Waals surface area contributed by atoms with Gasteiger partial charge in [-0.25, -0.2) is 0 Å². The third-order valence-electron chi connectivity index (χ3n) is 3.61. The van der Waals surface area contributed by atoms with Crippen molar-refractivity contribution in [3.05, 3.63) is 65.2 Å². The largest absolute Gasteiger partial charge is 0.399 e.